The maximum atomic E-state index is 8.95. The summed E-state index contributed by atoms with van der Waals surface area (Å²) in [6.07, 6.45) is 0. The van der Waals surface area contributed by atoms with Gasteiger partial charge in [0.2, 0.25) is 0 Å². The van der Waals surface area contributed by atoms with Crippen LogP contribution < -0.4 is 10.4 Å². The van der Waals surface area contributed by atoms with Crippen LogP contribution in [0.15, 0.2) is 48.5 Å². The van der Waals surface area contributed by atoms with E-state index in [1.165, 1.54) is 0 Å². The van der Waals surface area contributed by atoms with Gasteiger partial charge in [-0.2, -0.15) is 5.26 Å². The number of anilines is 1. The second-order valence-corrected chi connectivity index (χ2v) is 7.80. The molecular weight excluding hydrogens is 323 g/mol. The first-order chi connectivity index (χ1) is 12.2. The van der Waals surface area contributed by atoms with Crippen LogP contribution in [0.25, 0.3) is 0 Å². The van der Waals surface area contributed by atoms with Crippen LogP contribution in [0.5, 0.6) is 0 Å². The van der Waals surface area contributed by atoms with Gasteiger partial charge in [0.1, 0.15) is 0 Å². The summed E-state index contributed by atoms with van der Waals surface area (Å²) in [4.78, 5) is 2.16. The molecule has 0 amide bonds. The highest BCUT2D eigenvalue weighted by Gasteiger charge is 2.52. The minimum atomic E-state index is -0.370. The Labute approximate surface area is 156 Å². The van der Waals surface area contributed by atoms with Crippen LogP contribution in [0.4, 0.5) is 5.69 Å². The first kappa shape index (κ1) is 18.5. The summed E-state index contributed by atoms with van der Waals surface area (Å²) in [5.41, 5.74) is 3.24. The van der Waals surface area contributed by atoms with Gasteiger partial charge in [0.25, 0.3) is 0 Å². The molecule has 1 aliphatic rings. The molecule has 0 unspecified atom stereocenters. The number of rotatable bonds is 4. The van der Waals surface area contributed by atoms with Crippen LogP contribution in [0.2, 0.25) is 0 Å². The molecule has 0 N–H and O–H groups in total. The average Bonchev–Trinajstić information content (AvgIpc) is 2.83. The predicted octanol–water partition coefficient (Wildman–Crippen LogP) is 3.49. The maximum absolute atomic E-state index is 8.95. The first-order valence-corrected chi connectivity index (χ1v) is 8.88. The zero-order valence-corrected chi connectivity index (χ0v) is 16.1. The normalized spacial score (nSPS) is 17.8. The monoisotopic (exact) mass is 348 g/mol. The summed E-state index contributed by atoms with van der Waals surface area (Å²) < 4.78 is 12.5. The Morgan fingerprint density at radius 2 is 1.54 bits per heavy atom. The molecule has 0 bridgehead atoms. The molecule has 5 heteroatoms. The van der Waals surface area contributed by atoms with Crippen molar-refractivity contribution < 1.29 is 9.31 Å². The van der Waals surface area contributed by atoms with Crippen molar-refractivity contribution in [2.24, 2.45) is 0 Å². The van der Waals surface area contributed by atoms with E-state index in [1.807, 2.05) is 43.4 Å². The number of hydrogen-bond donors (Lipinski definition) is 0. The molecule has 0 spiro atoms. The molecule has 26 heavy (non-hydrogen) atoms. The van der Waals surface area contributed by atoms with Gasteiger partial charge in [-0.1, -0.05) is 24.3 Å². The first-order valence-electron chi connectivity index (χ1n) is 8.88. The van der Waals surface area contributed by atoms with E-state index in [1.54, 1.807) is 0 Å². The molecule has 2 aromatic rings. The third kappa shape index (κ3) is 3.48. The average molecular weight is 348 g/mol. The van der Waals surface area contributed by atoms with Gasteiger partial charge in [-0.15, -0.1) is 0 Å². The maximum Gasteiger partial charge on any atom is 0.495 e. The molecule has 2 aromatic carbocycles. The lowest BCUT2D eigenvalue weighted by atomic mass is 9.76. The largest absolute Gasteiger partial charge is 0.495 e. The van der Waals surface area contributed by atoms with E-state index in [2.05, 4.69) is 50.8 Å². The lowest BCUT2D eigenvalue weighted by Crippen LogP contribution is -2.41. The fourth-order valence-corrected chi connectivity index (χ4v) is 3.02. The van der Waals surface area contributed by atoms with Gasteiger partial charge in [-0.25, -0.2) is 0 Å². The number of nitriles is 1. The van der Waals surface area contributed by atoms with Crippen LogP contribution >= 0.6 is 0 Å². The standard InChI is InChI=1S/C21H25BN2O2/c1-20(2)21(3,4)26-22(25-20)19-9-7-6-8-17(19)15-24(5)18-12-10-16(14-23)11-13-18/h6-13H,15H2,1-5H3. The predicted molar refractivity (Wildman–Crippen MR) is 105 cm³/mol. The second kappa shape index (κ2) is 6.79. The third-order valence-corrected chi connectivity index (χ3v) is 5.41. The summed E-state index contributed by atoms with van der Waals surface area (Å²) in [6, 6.07) is 18.0. The number of nitrogens with zero attached hydrogens (tertiary/aromatic N) is 2. The van der Waals surface area contributed by atoms with Crippen molar-refractivity contribution in [2.45, 2.75) is 45.4 Å². The summed E-state index contributed by atoms with van der Waals surface area (Å²) in [7, 11) is 1.67. The molecule has 0 aliphatic carbocycles. The summed E-state index contributed by atoms with van der Waals surface area (Å²) in [6.45, 7) is 9.00. The van der Waals surface area contributed by atoms with Crippen LogP contribution in [0.3, 0.4) is 0 Å². The van der Waals surface area contributed by atoms with Crippen molar-refractivity contribution in [1.29, 1.82) is 5.26 Å². The molecule has 1 fully saturated rings. The number of hydrogen-bond acceptors (Lipinski definition) is 4. The van der Waals surface area contributed by atoms with Gasteiger partial charge in [0, 0.05) is 19.3 Å². The fourth-order valence-electron chi connectivity index (χ4n) is 3.02. The van der Waals surface area contributed by atoms with Crippen LogP contribution in [0.1, 0.15) is 38.8 Å². The second-order valence-electron chi connectivity index (χ2n) is 7.80. The van der Waals surface area contributed by atoms with E-state index in [-0.39, 0.29) is 18.3 Å². The van der Waals surface area contributed by atoms with E-state index in [0.29, 0.717) is 5.56 Å². The van der Waals surface area contributed by atoms with Gasteiger partial charge < -0.3 is 14.2 Å². The van der Waals surface area contributed by atoms with Crippen molar-refractivity contribution in [3.05, 3.63) is 59.7 Å². The molecule has 0 aromatic heterocycles. The Morgan fingerprint density at radius 1 is 0.962 bits per heavy atom. The van der Waals surface area contributed by atoms with E-state index in [0.717, 1.165) is 23.3 Å². The van der Waals surface area contributed by atoms with E-state index in [9.17, 15) is 0 Å². The highest BCUT2D eigenvalue weighted by atomic mass is 16.7. The quantitative estimate of drug-likeness (QED) is 0.794. The van der Waals surface area contributed by atoms with Gasteiger partial charge in [0.05, 0.1) is 22.8 Å². The zero-order valence-electron chi connectivity index (χ0n) is 16.1. The summed E-state index contributed by atoms with van der Waals surface area (Å²) >= 11 is 0. The summed E-state index contributed by atoms with van der Waals surface area (Å²) in [5, 5.41) is 8.95. The van der Waals surface area contributed by atoms with Crippen molar-refractivity contribution >= 4 is 18.3 Å². The molecule has 3 rings (SSSR count). The molecule has 0 radical (unpaired) electrons. The van der Waals surface area contributed by atoms with E-state index >= 15 is 0 Å². The van der Waals surface area contributed by atoms with Crippen molar-refractivity contribution in [3.8, 4) is 6.07 Å². The minimum Gasteiger partial charge on any atom is -0.399 e. The highest BCUT2D eigenvalue weighted by molar-refractivity contribution is 6.62. The molecule has 1 heterocycles. The fraction of sp³-hybridized carbons (Fsp3) is 0.381. The zero-order chi connectivity index (χ0) is 18.9. The molecule has 0 atom stereocenters. The van der Waals surface area contributed by atoms with Gasteiger partial charge in [0.15, 0.2) is 0 Å². The lowest BCUT2D eigenvalue weighted by molar-refractivity contribution is 0.00578. The Balaban J connectivity index is 1.83. The Kier molecular flexibility index (Phi) is 4.83. The Hall–Kier alpha value is -2.29. The molecule has 134 valence electrons. The van der Waals surface area contributed by atoms with E-state index in [4.69, 9.17) is 14.6 Å². The topological polar surface area (TPSA) is 45.5 Å². The Bertz CT molecular complexity index is 809. The molecular formula is C21H25BN2O2. The van der Waals surface area contributed by atoms with Crippen LogP contribution in [0, 0.1) is 11.3 Å². The highest BCUT2D eigenvalue weighted by Crippen LogP contribution is 2.36. The van der Waals surface area contributed by atoms with Crippen molar-refractivity contribution in [3.63, 3.8) is 0 Å². The molecule has 1 aliphatic heterocycles. The van der Waals surface area contributed by atoms with Gasteiger partial charge in [-0.05, 0) is 63.0 Å². The van der Waals surface area contributed by atoms with E-state index < -0.39 is 0 Å². The van der Waals surface area contributed by atoms with Crippen molar-refractivity contribution in [2.75, 3.05) is 11.9 Å². The van der Waals surface area contributed by atoms with Gasteiger partial charge in [-0.3, -0.25) is 0 Å². The van der Waals surface area contributed by atoms with Crippen LogP contribution in [-0.2, 0) is 15.9 Å². The lowest BCUT2D eigenvalue weighted by Gasteiger charge is -2.32. The smallest absolute Gasteiger partial charge is 0.399 e. The number of benzene rings is 2. The minimum absolute atomic E-state index is 0.357. The Morgan fingerprint density at radius 3 is 2.12 bits per heavy atom. The SMILES string of the molecule is CN(Cc1ccccc1B1OC(C)(C)C(C)(C)O1)c1ccc(C#N)cc1. The van der Waals surface area contributed by atoms with Crippen LogP contribution in [-0.4, -0.2) is 25.4 Å². The summed E-state index contributed by atoms with van der Waals surface area (Å²) in [5.74, 6) is 0. The molecule has 0 saturated carbocycles. The molecule has 1 saturated heterocycles. The third-order valence-electron chi connectivity index (χ3n) is 5.41. The van der Waals surface area contributed by atoms with Crippen molar-refractivity contribution in [1.82, 2.24) is 0 Å². The van der Waals surface area contributed by atoms with Gasteiger partial charge >= 0.3 is 7.12 Å². The molecule has 4 nitrogen and oxygen atoms in total.